The molecule has 26 heavy (non-hydrogen) atoms. The van der Waals surface area contributed by atoms with Gasteiger partial charge in [0.25, 0.3) is 5.91 Å². The number of nitrogens with zero attached hydrogens (tertiary/aromatic N) is 2. The summed E-state index contributed by atoms with van der Waals surface area (Å²) in [6, 6.07) is 16.3. The van der Waals surface area contributed by atoms with Crippen molar-refractivity contribution in [3.05, 3.63) is 70.8 Å². The average molecular weight is 372 g/mol. The zero-order valence-corrected chi connectivity index (χ0v) is 15.6. The summed E-state index contributed by atoms with van der Waals surface area (Å²) in [5.74, 6) is -0.621. The van der Waals surface area contributed by atoms with E-state index in [0.717, 1.165) is 12.1 Å². The third kappa shape index (κ3) is 5.10. The maximum absolute atomic E-state index is 12.5. The number of carbonyl (C=O) groups is 1. The van der Waals surface area contributed by atoms with E-state index in [-0.39, 0.29) is 11.3 Å². The predicted octanol–water partition coefficient (Wildman–Crippen LogP) is 4.26. The van der Waals surface area contributed by atoms with Gasteiger partial charge in [-0.2, -0.15) is 5.10 Å². The molecule has 0 aliphatic heterocycles. The number of halogens is 1. The van der Waals surface area contributed by atoms with Gasteiger partial charge in [0.05, 0.1) is 16.9 Å². The van der Waals surface area contributed by atoms with Gasteiger partial charge >= 0.3 is 0 Å². The van der Waals surface area contributed by atoms with Crippen molar-refractivity contribution in [2.24, 2.45) is 5.10 Å². The van der Waals surface area contributed by atoms with Gasteiger partial charge in [-0.1, -0.05) is 48.9 Å². The molecule has 2 N–H and O–H groups in total. The number of aliphatic hydroxyl groups excluding tert-OH is 1. The van der Waals surface area contributed by atoms with Crippen LogP contribution in [0, 0.1) is 0 Å². The molecule has 0 aliphatic rings. The van der Waals surface area contributed by atoms with Gasteiger partial charge in [0.15, 0.2) is 0 Å². The van der Waals surface area contributed by atoms with Crippen LogP contribution in [0.15, 0.2) is 65.3 Å². The Morgan fingerprint density at radius 1 is 1.19 bits per heavy atom. The quantitative estimate of drug-likeness (QED) is 0.331. The number of benzene rings is 2. The first-order valence-electron chi connectivity index (χ1n) is 8.33. The molecule has 0 radical (unpaired) electrons. The van der Waals surface area contributed by atoms with Crippen molar-refractivity contribution in [3.63, 3.8) is 0 Å². The minimum atomic E-state index is -0.408. The van der Waals surface area contributed by atoms with Gasteiger partial charge in [0.2, 0.25) is 0 Å². The second kappa shape index (κ2) is 9.63. The Labute approximate surface area is 158 Å². The van der Waals surface area contributed by atoms with E-state index in [9.17, 15) is 9.90 Å². The van der Waals surface area contributed by atoms with Crippen molar-refractivity contribution in [3.8, 4) is 0 Å². The highest BCUT2D eigenvalue weighted by Gasteiger charge is 2.17. The predicted molar refractivity (Wildman–Crippen MR) is 108 cm³/mol. The zero-order valence-electron chi connectivity index (χ0n) is 14.8. The molecule has 2 aromatic carbocycles. The fraction of sp³-hybridized carbons (Fsp3) is 0.200. The Bertz CT molecular complexity index is 804. The van der Waals surface area contributed by atoms with Crippen molar-refractivity contribution < 1.29 is 9.90 Å². The van der Waals surface area contributed by atoms with Crippen LogP contribution in [0.2, 0.25) is 5.02 Å². The van der Waals surface area contributed by atoms with Crippen molar-refractivity contribution in [2.45, 2.75) is 13.3 Å². The van der Waals surface area contributed by atoms with E-state index in [1.165, 1.54) is 6.21 Å². The minimum Gasteiger partial charge on any atom is -0.506 e. The van der Waals surface area contributed by atoms with E-state index < -0.39 is 5.91 Å². The van der Waals surface area contributed by atoms with Crippen LogP contribution in [0.3, 0.4) is 0 Å². The number of amides is 1. The van der Waals surface area contributed by atoms with E-state index in [4.69, 9.17) is 11.6 Å². The maximum Gasteiger partial charge on any atom is 0.256 e. The Balaban J connectivity index is 2.38. The molecule has 0 bridgehead atoms. The molecule has 0 aromatic heterocycles. The minimum absolute atomic E-state index is 0.0503. The molecule has 2 rings (SSSR count). The smallest absolute Gasteiger partial charge is 0.256 e. The Morgan fingerprint density at radius 2 is 1.85 bits per heavy atom. The van der Waals surface area contributed by atoms with Crippen LogP contribution in [0.25, 0.3) is 5.76 Å². The number of rotatable bonds is 7. The van der Waals surface area contributed by atoms with Crippen LogP contribution in [-0.4, -0.2) is 30.8 Å². The van der Waals surface area contributed by atoms with Gasteiger partial charge in [0, 0.05) is 19.2 Å². The molecule has 0 unspecified atom stereocenters. The Kier molecular flexibility index (Phi) is 7.24. The van der Waals surface area contributed by atoms with Crippen molar-refractivity contribution >= 4 is 35.2 Å². The maximum atomic E-state index is 12.5. The fourth-order valence-corrected chi connectivity index (χ4v) is 2.44. The van der Waals surface area contributed by atoms with Gasteiger partial charge in [0.1, 0.15) is 11.3 Å². The summed E-state index contributed by atoms with van der Waals surface area (Å²) in [7, 11) is 1.76. The number of hydrazone groups is 1. The van der Waals surface area contributed by atoms with Crippen molar-refractivity contribution in [1.29, 1.82) is 0 Å². The monoisotopic (exact) mass is 371 g/mol. The molecule has 0 aliphatic carbocycles. The molecule has 0 fully saturated rings. The number of hydrogen-bond donors (Lipinski definition) is 2. The summed E-state index contributed by atoms with van der Waals surface area (Å²) in [6.45, 7) is 2.45. The van der Waals surface area contributed by atoms with Crippen molar-refractivity contribution in [1.82, 2.24) is 5.32 Å². The number of aliphatic hydroxyl groups is 1. The molecule has 1 amide bonds. The zero-order chi connectivity index (χ0) is 18.9. The molecule has 0 spiro atoms. The van der Waals surface area contributed by atoms with Gasteiger partial charge in [-0.15, -0.1) is 0 Å². The molecular weight excluding hydrogens is 350 g/mol. The average Bonchev–Trinajstić information content (AvgIpc) is 2.67. The van der Waals surface area contributed by atoms with E-state index in [2.05, 4.69) is 10.4 Å². The lowest BCUT2D eigenvalue weighted by Gasteiger charge is -2.14. The summed E-state index contributed by atoms with van der Waals surface area (Å²) >= 11 is 6.15. The third-order valence-electron chi connectivity index (χ3n) is 3.65. The summed E-state index contributed by atoms with van der Waals surface area (Å²) in [6.07, 6.45) is 2.13. The summed E-state index contributed by atoms with van der Waals surface area (Å²) in [5.41, 5.74) is 1.29. The standard InChI is InChI=1S/C20H22ClN3O2/c1-3-13-22-20(26)17(19(25)16-11-7-8-12-18(16)21)14-23-24(2)15-9-5-4-6-10-15/h4-12,14,25H,3,13H2,1-2H3,(H,22,26). The lowest BCUT2D eigenvalue weighted by molar-refractivity contribution is -0.116. The first-order valence-corrected chi connectivity index (χ1v) is 8.71. The Morgan fingerprint density at radius 3 is 2.50 bits per heavy atom. The van der Waals surface area contributed by atoms with Crippen LogP contribution in [0.4, 0.5) is 5.69 Å². The van der Waals surface area contributed by atoms with Gasteiger partial charge in [-0.25, -0.2) is 0 Å². The first kappa shape index (κ1) is 19.5. The van der Waals surface area contributed by atoms with E-state index >= 15 is 0 Å². The highest BCUT2D eigenvalue weighted by atomic mass is 35.5. The number of nitrogens with one attached hydrogen (secondary N) is 1. The molecular formula is C20H22ClN3O2. The van der Waals surface area contributed by atoms with E-state index in [1.807, 2.05) is 37.3 Å². The van der Waals surface area contributed by atoms with Gasteiger partial charge in [-0.3, -0.25) is 9.80 Å². The summed E-state index contributed by atoms with van der Waals surface area (Å²) in [5, 5.41) is 19.7. The highest BCUT2D eigenvalue weighted by molar-refractivity contribution is 6.32. The SMILES string of the molecule is CCCNC(=O)C(C=NN(C)c1ccccc1)=C(O)c1ccccc1Cl. The third-order valence-corrected chi connectivity index (χ3v) is 3.98. The Hall–Kier alpha value is -2.79. The first-order chi connectivity index (χ1) is 12.5. The van der Waals surface area contributed by atoms with Crippen LogP contribution in [-0.2, 0) is 4.79 Å². The molecule has 0 atom stereocenters. The second-order valence-corrected chi connectivity index (χ2v) is 6.01. The molecule has 5 nitrogen and oxygen atoms in total. The van der Waals surface area contributed by atoms with Gasteiger partial charge in [-0.05, 0) is 30.7 Å². The van der Waals surface area contributed by atoms with Crippen molar-refractivity contribution in [2.75, 3.05) is 18.6 Å². The van der Waals surface area contributed by atoms with Crippen LogP contribution in [0.1, 0.15) is 18.9 Å². The van der Waals surface area contributed by atoms with Crippen LogP contribution in [0.5, 0.6) is 0 Å². The molecule has 2 aromatic rings. The molecule has 0 heterocycles. The fourth-order valence-electron chi connectivity index (χ4n) is 2.21. The van der Waals surface area contributed by atoms with Gasteiger partial charge < -0.3 is 10.4 Å². The van der Waals surface area contributed by atoms with E-state index in [1.54, 1.807) is 36.3 Å². The van der Waals surface area contributed by atoms with E-state index in [0.29, 0.717) is 17.1 Å². The summed E-state index contributed by atoms with van der Waals surface area (Å²) < 4.78 is 0. The van der Waals surface area contributed by atoms with Crippen LogP contribution >= 0.6 is 11.6 Å². The molecule has 0 saturated heterocycles. The number of anilines is 1. The van der Waals surface area contributed by atoms with Crippen LogP contribution < -0.4 is 10.3 Å². The second-order valence-electron chi connectivity index (χ2n) is 5.60. The lowest BCUT2D eigenvalue weighted by atomic mass is 10.1. The molecule has 0 saturated carbocycles. The summed E-state index contributed by atoms with van der Waals surface area (Å²) in [4.78, 5) is 12.5. The normalized spacial score (nSPS) is 12.0. The number of carbonyl (C=O) groups excluding carboxylic acids is 1. The molecule has 136 valence electrons. The molecule has 6 heteroatoms. The number of hydrogen-bond acceptors (Lipinski definition) is 4. The topological polar surface area (TPSA) is 64.9 Å². The lowest BCUT2D eigenvalue weighted by Crippen LogP contribution is -2.27. The highest BCUT2D eigenvalue weighted by Crippen LogP contribution is 2.24. The largest absolute Gasteiger partial charge is 0.506 e. The number of para-hydroxylation sites is 1.